The molecule has 0 saturated carbocycles. The molecule has 2 N–H and O–H groups in total. The monoisotopic (exact) mass is 314 g/mol. The van der Waals surface area contributed by atoms with Gasteiger partial charge in [-0.2, -0.15) is 0 Å². The third-order valence-electron chi connectivity index (χ3n) is 2.69. The van der Waals surface area contributed by atoms with Crippen LogP contribution in [-0.4, -0.2) is 34.1 Å². The number of carbonyl (C=O) groups is 1. The van der Waals surface area contributed by atoms with Crippen molar-refractivity contribution in [1.29, 1.82) is 0 Å². The summed E-state index contributed by atoms with van der Waals surface area (Å²) in [5.74, 6) is -0.243. The largest absolute Gasteiger partial charge is 0.466 e. The number of hydrogen-bond acceptors (Lipinski definition) is 5. The van der Waals surface area contributed by atoms with Gasteiger partial charge in [0, 0.05) is 19.5 Å². The summed E-state index contributed by atoms with van der Waals surface area (Å²) in [6, 6.07) is 6.69. The molecule has 6 nitrogen and oxygen atoms in total. The molecule has 7 heteroatoms. The maximum absolute atomic E-state index is 12.1. The predicted octanol–water partition coefficient (Wildman–Crippen LogP) is 1.74. The molecular weight excluding hydrogens is 292 g/mol. The fourth-order valence-electron chi connectivity index (χ4n) is 1.80. The van der Waals surface area contributed by atoms with Crippen LogP contribution in [-0.2, 0) is 19.6 Å². The fourth-order valence-corrected chi connectivity index (χ4v) is 3.03. The molecule has 21 heavy (non-hydrogen) atoms. The molecule has 0 atom stereocenters. The van der Waals surface area contributed by atoms with E-state index < -0.39 is 10.0 Å². The molecule has 0 aliphatic heterocycles. The molecule has 0 radical (unpaired) electrons. The summed E-state index contributed by atoms with van der Waals surface area (Å²) in [5.41, 5.74) is 0.530. The van der Waals surface area contributed by atoms with Crippen LogP contribution < -0.4 is 10.0 Å². The van der Waals surface area contributed by atoms with Gasteiger partial charge in [0.05, 0.1) is 12.3 Å². The van der Waals surface area contributed by atoms with Gasteiger partial charge in [0.25, 0.3) is 0 Å². The number of benzene rings is 1. The minimum Gasteiger partial charge on any atom is -0.466 e. The second-order valence-corrected chi connectivity index (χ2v) is 6.07. The van der Waals surface area contributed by atoms with Gasteiger partial charge in [0.2, 0.25) is 10.0 Å². The Bertz CT molecular complexity index is 558. The Kier molecular flexibility index (Phi) is 7.18. The van der Waals surface area contributed by atoms with Crippen LogP contribution in [0.4, 0.5) is 5.69 Å². The zero-order valence-corrected chi connectivity index (χ0v) is 13.2. The van der Waals surface area contributed by atoms with Crippen LogP contribution in [0.3, 0.4) is 0 Å². The molecule has 0 aromatic heterocycles. The molecule has 0 fully saturated rings. The van der Waals surface area contributed by atoms with E-state index in [1.54, 1.807) is 38.1 Å². The number of sulfonamides is 1. The minimum atomic E-state index is -3.51. The number of carbonyl (C=O) groups excluding carboxylic acids is 1. The minimum absolute atomic E-state index is 0.211. The number of ether oxygens (including phenoxy) is 1. The van der Waals surface area contributed by atoms with Gasteiger partial charge in [0.1, 0.15) is 4.90 Å². The van der Waals surface area contributed by atoms with Crippen LogP contribution in [0.25, 0.3) is 0 Å². The standard InChI is InChI=1S/C14H22N2O4S/c1-3-16-21(18,19)13-9-6-5-8-12(13)15-11-7-10-14(17)20-4-2/h5-6,8-9,15-16H,3-4,7,10-11H2,1-2H3. The van der Waals surface area contributed by atoms with E-state index in [1.165, 1.54) is 0 Å². The zero-order chi connectivity index (χ0) is 15.7. The molecule has 0 bridgehead atoms. The van der Waals surface area contributed by atoms with Gasteiger partial charge in [-0.05, 0) is 25.5 Å². The van der Waals surface area contributed by atoms with Crippen molar-refractivity contribution in [2.45, 2.75) is 31.6 Å². The molecular formula is C14H22N2O4S. The van der Waals surface area contributed by atoms with Crippen molar-refractivity contribution < 1.29 is 17.9 Å². The van der Waals surface area contributed by atoms with Gasteiger partial charge in [-0.15, -0.1) is 0 Å². The fraction of sp³-hybridized carbons (Fsp3) is 0.500. The van der Waals surface area contributed by atoms with E-state index in [0.717, 1.165) is 0 Å². The number of hydrogen-bond donors (Lipinski definition) is 2. The summed E-state index contributed by atoms with van der Waals surface area (Å²) in [4.78, 5) is 11.4. The Balaban J connectivity index is 2.62. The summed E-state index contributed by atoms with van der Waals surface area (Å²) in [7, 11) is -3.51. The van der Waals surface area contributed by atoms with Gasteiger partial charge in [-0.3, -0.25) is 4.79 Å². The lowest BCUT2D eigenvalue weighted by Gasteiger charge is -2.12. The van der Waals surface area contributed by atoms with E-state index in [2.05, 4.69) is 10.0 Å². The van der Waals surface area contributed by atoms with Crippen LogP contribution in [0, 0.1) is 0 Å². The lowest BCUT2D eigenvalue weighted by molar-refractivity contribution is -0.143. The molecule has 1 aromatic carbocycles. The molecule has 1 rings (SSSR count). The van der Waals surface area contributed by atoms with E-state index in [1.807, 2.05) is 0 Å². The van der Waals surface area contributed by atoms with Crippen LogP contribution in [0.15, 0.2) is 29.2 Å². The number of rotatable bonds is 9. The third-order valence-corrected chi connectivity index (χ3v) is 4.29. The van der Waals surface area contributed by atoms with Crippen molar-refractivity contribution >= 4 is 21.7 Å². The number of para-hydroxylation sites is 1. The molecule has 0 spiro atoms. The highest BCUT2D eigenvalue weighted by molar-refractivity contribution is 7.89. The van der Waals surface area contributed by atoms with Crippen molar-refractivity contribution in [3.8, 4) is 0 Å². The van der Waals surface area contributed by atoms with Crippen molar-refractivity contribution in [3.63, 3.8) is 0 Å². The van der Waals surface area contributed by atoms with Crippen molar-refractivity contribution in [2.75, 3.05) is 25.0 Å². The summed E-state index contributed by atoms with van der Waals surface area (Å²) in [6.07, 6.45) is 0.886. The molecule has 0 saturated heterocycles. The second-order valence-electron chi connectivity index (χ2n) is 4.33. The SMILES string of the molecule is CCNS(=O)(=O)c1ccccc1NCCCC(=O)OCC. The first-order valence-corrected chi connectivity index (χ1v) is 8.47. The average Bonchev–Trinajstić information content (AvgIpc) is 2.44. The Hall–Kier alpha value is -1.60. The van der Waals surface area contributed by atoms with Gasteiger partial charge in [-0.1, -0.05) is 19.1 Å². The highest BCUT2D eigenvalue weighted by atomic mass is 32.2. The molecule has 0 unspecified atom stereocenters. The Morgan fingerprint density at radius 2 is 1.95 bits per heavy atom. The van der Waals surface area contributed by atoms with Crippen LogP contribution in [0.5, 0.6) is 0 Å². The Morgan fingerprint density at radius 1 is 1.24 bits per heavy atom. The van der Waals surface area contributed by atoms with Crippen LogP contribution in [0.2, 0.25) is 0 Å². The van der Waals surface area contributed by atoms with E-state index in [-0.39, 0.29) is 10.9 Å². The van der Waals surface area contributed by atoms with Crippen molar-refractivity contribution in [1.82, 2.24) is 4.72 Å². The van der Waals surface area contributed by atoms with Gasteiger partial charge in [0.15, 0.2) is 0 Å². The first-order chi connectivity index (χ1) is 10.0. The lowest BCUT2D eigenvalue weighted by Crippen LogP contribution is -2.24. The smallest absolute Gasteiger partial charge is 0.305 e. The molecule has 0 aliphatic carbocycles. The van der Waals surface area contributed by atoms with Gasteiger partial charge in [-0.25, -0.2) is 13.1 Å². The quantitative estimate of drug-likeness (QED) is 0.536. The van der Waals surface area contributed by atoms with Gasteiger partial charge >= 0.3 is 5.97 Å². The third kappa shape index (κ3) is 5.73. The van der Waals surface area contributed by atoms with E-state index in [4.69, 9.17) is 4.74 Å². The molecule has 118 valence electrons. The summed E-state index contributed by atoms with van der Waals surface area (Å²) >= 11 is 0. The highest BCUT2D eigenvalue weighted by Crippen LogP contribution is 2.20. The molecule has 0 amide bonds. The molecule has 0 heterocycles. The van der Waals surface area contributed by atoms with Crippen LogP contribution in [0.1, 0.15) is 26.7 Å². The Labute approximate surface area is 125 Å². The van der Waals surface area contributed by atoms with Crippen molar-refractivity contribution in [2.24, 2.45) is 0 Å². The number of anilines is 1. The maximum Gasteiger partial charge on any atom is 0.305 e. The first kappa shape index (κ1) is 17.5. The van der Waals surface area contributed by atoms with E-state index in [0.29, 0.717) is 38.2 Å². The lowest BCUT2D eigenvalue weighted by atomic mass is 10.3. The molecule has 1 aromatic rings. The summed E-state index contributed by atoms with van der Waals surface area (Å²) < 4.78 is 31.4. The highest BCUT2D eigenvalue weighted by Gasteiger charge is 2.16. The number of nitrogens with one attached hydrogen (secondary N) is 2. The topological polar surface area (TPSA) is 84.5 Å². The average molecular weight is 314 g/mol. The van der Waals surface area contributed by atoms with Crippen molar-refractivity contribution in [3.05, 3.63) is 24.3 Å². The van der Waals surface area contributed by atoms with Gasteiger partial charge < -0.3 is 10.1 Å². The van der Waals surface area contributed by atoms with E-state index in [9.17, 15) is 13.2 Å². The van der Waals surface area contributed by atoms with Crippen LogP contribution >= 0.6 is 0 Å². The zero-order valence-electron chi connectivity index (χ0n) is 12.4. The maximum atomic E-state index is 12.1. The predicted molar refractivity (Wildman–Crippen MR) is 81.7 cm³/mol. The normalized spacial score (nSPS) is 11.1. The van der Waals surface area contributed by atoms with E-state index >= 15 is 0 Å². The molecule has 0 aliphatic rings. The summed E-state index contributed by atoms with van der Waals surface area (Å²) in [6.45, 7) is 4.69. The Morgan fingerprint density at radius 3 is 2.62 bits per heavy atom. The number of esters is 1. The second kappa shape index (κ2) is 8.63. The summed E-state index contributed by atoms with van der Waals surface area (Å²) in [5, 5.41) is 3.05. The first-order valence-electron chi connectivity index (χ1n) is 6.99.